The summed E-state index contributed by atoms with van der Waals surface area (Å²) in [4.78, 5) is 25.6. The van der Waals surface area contributed by atoms with Crippen LogP contribution in [0.15, 0.2) is 54.5 Å². The smallest absolute Gasteiger partial charge is 0.236 e. The van der Waals surface area contributed by atoms with Crippen LogP contribution in [0.2, 0.25) is 0 Å². The average molecular weight is 398 g/mol. The number of nitrogens with zero attached hydrogens (tertiary/aromatic N) is 2. The lowest BCUT2D eigenvalue weighted by atomic mass is 9.92. The molecule has 3 heterocycles. The highest BCUT2D eigenvalue weighted by molar-refractivity contribution is 8.09. The Morgan fingerprint density at radius 3 is 2.64 bits per heavy atom. The van der Waals surface area contributed by atoms with Gasteiger partial charge in [0.1, 0.15) is 5.37 Å². The summed E-state index contributed by atoms with van der Waals surface area (Å²) in [6.45, 7) is 2.08. The van der Waals surface area contributed by atoms with Gasteiger partial charge in [0.05, 0.1) is 23.7 Å². The van der Waals surface area contributed by atoms with Crippen LogP contribution in [0.3, 0.4) is 0 Å². The molecule has 144 valence electrons. The highest BCUT2D eigenvalue weighted by Crippen LogP contribution is 2.53. The van der Waals surface area contributed by atoms with Crippen LogP contribution < -0.4 is 9.67 Å². The summed E-state index contributed by atoms with van der Waals surface area (Å²) in [5, 5.41) is 30.6. The maximum absolute atomic E-state index is 12.3. The lowest BCUT2D eigenvalue weighted by molar-refractivity contribution is -0.688. The van der Waals surface area contributed by atoms with Gasteiger partial charge >= 0.3 is 0 Å². The molecule has 0 aliphatic carbocycles. The minimum atomic E-state index is -1.40. The quantitative estimate of drug-likeness (QED) is 0.545. The lowest BCUT2D eigenvalue weighted by Gasteiger charge is -2.44. The number of amides is 1. The molecule has 4 rings (SSSR count). The van der Waals surface area contributed by atoms with Gasteiger partial charge in [-0.1, -0.05) is 36.0 Å². The number of aliphatic hydroxyl groups excluding tert-OH is 1. The van der Waals surface area contributed by atoms with Crippen LogP contribution >= 0.6 is 11.8 Å². The van der Waals surface area contributed by atoms with E-state index in [9.17, 15) is 24.9 Å². The first kappa shape index (κ1) is 18.5. The van der Waals surface area contributed by atoms with Gasteiger partial charge in [0.25, 0.3) is 0 Å². The Morgan fingerprint density at radius 2 is 2.04 bits per heavy atom. The Morgan fingerprint density at radius 1 is 1.32 bits per heavy atom. The summed E-state index contributed by atoms with van der Waals surface area (Å²) in [6.07, 6.45) is 2.61. The predicted molar refractivity (Wildman–Crippen MR) is 99.2 cm³/mol. The van der Waals surface area contributed by atoms with E-state index in [1.54, 1.807) is 30.5 Å². The van der Waals surface area contributed by atoms with E-state index >= 15 is 0 Å². The van der Waals surface area contributed by atoms with Crippen LogP contribution in [0, 0.1) is 5.92 Å². The zero-order chi connectivity index (χ0) is 20.0. The number of benzene rings is 1. The van der Waals surface area contributed by atoms with Gasteiger partial charge in [-0.15, -0.1) is 0 Å². The largest absolute Gasteiger partial charge is 0.543 e. The van der Waals surface area contributed by atoms with Gasteiger partial charge in [-0.05, 0) is 18.6 Å². The zero-order valence-electron chi connectivity index (χ0n) is 15.0. The molecule has 0 radical (unpaired) electrons. The highest BCUT2D eigenvalue weighted by atomic mass is 32.2. The monoisotopic (exact) mass is 398 g/mol. The topological polar surface area (TPSA) is 105 Å². The molecule has 1 aromatic carbocycles. The first-order valence-corrected chi connectivity index (χ1v) is 9.65. The molecular weight excluding hydrogens is 380 g/mol. The molecule has 7 nitrogen and oxygen atoms in total. The van der Waals surface area contributed by atoms with Crippen molar-refractivity contribution >= 4 is 28.5 Å². The van der Waals surface area contributed by atoms with Crippen LogP contribution in [-0.2, 0) is 16.1 Å². The van der Waals surface area contributed by atoms with E-state index < -0.39 is 29.3 Å². The third kappa shape index (κ3) is 3.04. The van der Waals surface area contributed by atoms with Crippen molar-refractivity contribution in [3.05, 3.63) is 65.6 Å². The van der Waals surface area contributed by atoms with E-state index in [2.05, 4.69) is 0 Å². The molecule has 2 N–H and O–H groups in total. The van der Waals surface area contributed by atoms with Crippen LogP contribution in [0.5, 0.6) is 5.75 Å². The highest BCUT2D eigenvalue weighted by Gasteiger charge is 2.56. The van der Waals surface area contributed by atoms with Crippen molar-refractivity contribution < 1.29 is 29.5 Å². The number of carboxylic acids is 1. The van der Waals surface area contributed by atoms with Gasteiger partial charge in [-0.3, -0.25) is 9.69 Å². The fourth-order valence-corrected chi connectivity index (χ4v) is 5.17. The second kappa shape index (κ2) is 6.96. The summed E-state index contributed by atoms with van der Waals surface area (Å²) >= 11 is 1.27. The summed E-state index contributed by atoms with van der Waals surface area (Å²) in [5.41, 5.74) is 1.52. The SMILES string of the molecule is C[C@@H](O)[C@H]1C(=O)N2C(C(=O)[O-])=C(c3ccc(C[n+]4cccc(O)c4)cc3)S[C@H]12. The number of aromatic nitrogens is 1. The molecule has 8 heteroatoms. The standard InChI is InChI=1S/C20H18N2O5S/c1-11(23)15-18(25)22-16(20(26)27)17(28-19(15)22)13-6-4-12(5-7-13)9-21-8-2-3-14(24)10-21/h2-8,10-11,15,19,23H,9H2,1H3,(H-,24,26,27)/t11-,15+,19-/m1/s1. The maximum Gasteiger partial charge on any atom is 0.236 e. The van der Waals surface area contributed by atoms with Gasteiger partial charge in [0.2, 0.25) is 12.1 Å². The summed E-state index contributed by atoms with van der Waals surface area (Å²) in [5.74, 6) is -2.23. The number of carboxylic acid groups (broad SMARTS) is 1. The molecule has 28 heavy (non-hydrogen) atoms. The van der Waals surface area contributed by atoms with Gasteiger partial charge in [0.15, 0.2) is 18.5 Å². The molecule has 2 aromatic rings. The van der Waals surface area contributed by atoms with Crippen LogP contribution in [0.25, 0.3) is 4.91 Å². The maximum atomic E-state index is 12.3. The number of aromatic hydroxyl groups is 1. The van der Waals surface area contributed by atoms with Gasteiger partial charge in [-0.2, -0.15) is 4.57 Å². The summed E-state index contributed by atoms with van der Waals surface area (Å²) in [7, 11) is 0. The number of aliphatic hydroxyl groups is 1. The number of carbonyl (C=O) groups is 2. The Bertz CT molecular complexity index is 986. The molecule has 1 fully saturated rings. The first-order chi connectivity index (χ1) is 13.4. The molecule has 1 aromatic heterocycles. The predicted octanol–water partition coefficient (Wildman–Crippen LogP) is 0.0586. The van der Waals surface area contributed by atoms with Gasteiger partial charge < -0.3 is 20.1 Å². The Hall–Kier alpha value is -2.84. The second-order valence-corrected chi connectivity index (χ2v) is 8.01. The number of thioether (sulfide) groups is 1. The number of fused-ring (bicyclic) bond motifs is 1. The Kier molecular flexibility index (Phi) is 4.60. The third-order valence-electron chi connectivity index (χ3n) is 4.92. The van der Waals surface area contributed by atoms with Crippen LogP contribution in [0.4, 0.5) is 0 Å². The molecule has 1 saturated heterocycles. The molecular formula is C20H18N2O5S. The molecule has 1 amide bonds. The van der Waals surface area contributed by atoms with E-state index in [0.29, 0.717) is 17.0 Å². The lowest BCUT2D eigenvalue weighted by Crippen LogP contribution is -2.61. The number of rotatable bonds is 5. The molecule has 0 spiro atoms. The normalized spacial score (nSPS) is 22.1. The Balaban J connectivity index is 1.60. The van der Waals surface area contributed by atoms with Crippen molar-refractivity contribution in [1.82, 2.24) is 4.90 Å². The molecule has 3 atom stereocenters. The van der Waals surface area contributed by atoms with E-state index in [-0.39, 0.29) is 11.4 Å². The Labute approximate surface area is 165 Å². The molecule has 0 saturated carbocycles. The minimum Gasteiger partial charge on any atom is -0.543 e. The number of aliphatic carboxylic acids is 1. The number of hydrogen-bond acceptors (Lipinski definition) is 6. The molecule has 0 bridgehead atoms. The van der Waals surface area contributed by atoms with E-state index in [0.717, 1.165) is 5.56 Å². The fraction of sp³-hybridized carbons (Fsp3) is 0.250. The number of β-lactam (4-membered cyclic amide) rings is 1. The minimum absolute atomic E-state index is 0.132. The summed E-state index contributed by atoms with van der Waals surface area (Å²) < 4.78 is 1.83. The summed E-state index contributed by atoms with van der Waals surface area (Å²) in [6, 6.07) is 10.7. The van der Waals surface area contributed by atoms with Crippen molar-refractivity contribution in [3.63, 3.8) is 0 Å². The molecule has 0 unspecified atom stereocenters. The second-order valence-electron chi connectivity index (χ2n) is 6.88. The number of hydrogen-bond donors (Lipinski definition) is 2. The molecule has 2 aliphatic heterocycles. The zero-order valence-corrected chi connectivity index (χ0v) is 15.8. The van der Waals surface area contributed by atoms with E-state index in [4.69, 9.17) is 0 Å². The number of pyridine rings is 1. The third-order valence-corrected chi connectivity index (χ3v) is 6.33. The van der Waals surface area contributed by atoms with Crippen molar-refractivity contribution in [2.24, 2.45) is 5.92 Å². The fourth-order valence-electron chi connectivity index (χ4n) is 3.56. The van der Waals surface area contributed by atoms with Gasteiger partial charge in [-0.25, -0.2) is 0 Å². The van der Waals surface area contributed by atoms with E-state index in [1.165, 1.54) is 23.6 Å². The first-order valence-electron chi connectivity index (χ1n) is 8.77. The van der Waals surface area contributed by atoms with E-state index in [1.807, 2.05) is 22.9 Å². The van der Waals surface area contributed by atoms with Crippen molar-refractivity contribution in [2.75, 3.05) is 0 Å². The van der Waals surface area contributed by atoms with Gasteiger partial charge in [0, 0.05) is 16.5 Å². The molecule has 2 aliphatic rings. The van der Waals surface area contributed by atoms with Crippen molar-refractivity contribution in [1.29, 1.82) is 0 Å². The van der Waals surface area contributed by atoms with Crippen LogP contribution in [-0.4, -0.2) is 38.5 Å². The van der Waals surface area contributed by atoms with Crippen LogP contribution in [0.1, 0.15) is 18.1 Å². The number of carbonyl (C=O) groups excluding carboxylic acids is 2. The van der Waals surface area contributed by atoms with Crippen molar-refractivity contribution in [3.8, 4) is 5.75 Å². The van der Waals surface area contributed by atoms with Crippen molar-refractivity contribution in [2.45, 2.75) is 24.9 Å². The average Bonchev–Trinajstić information content (AvgIpc) is 2.97.